The standard InChI is InChI=1S/C17H24F4N4O/c1-12(26-15-6-4-3-5-14(15)18)9-23-16(22-2)24-13-7-8-25(10-13)11-17(19,20)21/h3-6,12-13H,7-11H2,1-2H3,(H2,22,23,24). The van der Waals surface area contributed by atoms with Crippen LogP contribution in [-0.4, -0.2) is 62.4 Å². The number of hydrogen-bond acceptors (Lipinski definition) is 3. The molecule has 5 nitrogen and oxygen atoms in total. The molecule has 26 heavy (non-hydrogen) atoms. The Labute approximate surface area is 150 Å². The fraction of sp³-hybridized carbons (Fsp3) is 0.588. The van der Waals surface area contributed by atoms with Crippen molar-refractivity contribution in [2.45, 2.75) is 31.7 Å². The zero-order valence-corrected chi connectivity index (χ0v) is 14.8. The Morgan fingerprint density at radius 2 is 2.12 bits per heavy atom. The van der Waals surface area contributed by atoms with Crippen molar-refractivity contribution in [1.82, 2.24) is 15.5 Å². The third-order valence-electron chi connectivity index (χ3n) is 3.96. The Morgan fingerprint density at radius 3 is 2.77 bits per heavy atom. The van der Waals surface area contributed by atoms with Crippen molar-refractivity contribution in [2.75, 3.05) is 33.2 Å². The molecule has 0 radical (unpaired) electrons. The van der Waals surface area contributed by atoms with Gasteiger partial charge < -0.3 is 15.4 Å². The van der Waals surface area contributed by atoms with E-state index < -0.39 is 18.5 Å². The lowest BCUT2D eigenvalue weighted by molar-refractivity contribution is -0.143. The van der Waals surface area contributed by atoms with Crippen molar-refractivity contribution in [2.24, 2.45) is 4.99 Å². The number of nitrogens with zero attached hydrogens (tertiary/aromatic N) is 2. The molecule has 1 heterocycles. The average Bonchev–Trinajstić information content (AvgIpc) is 2.98. The molecule has 2 N–H and O–H groups in total. The molecule has 0 saturated carbocycles. The summed E-state index contributed by atoms with van der Waals surface area (Å²) in [5.41, 5.74) is 0. The highest BCUT2D eigenvalue weighted by molar-refractivity contribution is 5.80. The molecule has 2 unspecified atom stereocenters. The summed E-state index contributed by atoms with van der Waals surface area (Å²) < 4.78 is 56.4. The average molecular weight is 376 g/mol. The van der Waals surface area contributed by atoms with Gasteiger partial charge in [-0.15, -0.1) is 0 Å². The minimum absolute atomic E-state index is 0.105. The van der Waals surface area contributed by atoms with Gasteiger partial charge >= 0.3 is 6.18 Å². The second kappa shape index (κ2) is 9.07. The zero-order chi connectivity index (χ0) is 19.2. The van der Waals surface area contributed by atoms with Crippen molar-refractivity contribution < 1.29 is 22.3 Å². The molecule has 1 fully saturated rings. The minimum atomic E-state index is -4.19. The van der Waals surface area contributed by atoms with Gasteiger partial charge in [0.15, 0.2) is 17.5 Å². The summed E-state index contributed by atoms with van der Waals surface area (Å²) >= 11 is 0. The molecule has 1 aromatic carbocycles. The smallest absolute Gasteiger partial charge is 0.401 e. The monoisotopic (exact) mass is 376 g/mol. The van der Waals surface area contributed by atoms with Gasteiger partial charge in [-0.05, 0) is 25.5 Å². The van der Waals surface area contributed by atoms with Gasteiger partial charge in [0.2, 0.25) is 0 Å². The van der Waals surface area contributed by atoms with Gasteiger partial charge in [0.25, 0.3) is 0 Å². The predicted molar refractivity (Wildman–Crippen MR) is 91.9 cm³/mol. The number of rotatable bonds is 6. The molecule has 2 atom stereocenters. The number of halogens is 4. The van der Waals surface area contributed by atoms with E-state index in [0.29, 0.717) is 32.0 Å². The Bertz CT molecular complexity index is 609. The van der Waals surface area contributed by atoms with Gasteiger partial charge in [0, 0.05) is 26.2 Å². The first-order valence-electron chi connectivity index (χ1n) is 8.44. The normalized spacial score (nSPS) is 20.1. The van der Waals surface area contributed by atoms with E-state index >= 15 is 0 Å². The van der Waals surface area contributed by atoms with Gasteiger partial charge in [-0.3, -0.25) is 9.89 Å². The van der Waals surface area contributed by atoms with Crippen LogP contribution in [0.5, 0.6) is 5.75 Å². The molecule has 1 saturated heterocycles. The molecular formula is C17H24F4N4O. The Balaban J connectivity index is 1.75. The van der Waals surface area contributed by atoms with Crippen LogP contribution in [-0.2, 0) is 0 Å². The van der Waals surface area contributed by atoms with Gasteiger partial charge in [-0.25, -0.2) is 4.39 Å². The number of alkyl halides is 3. The van der Waals surface area contributed by atoms with Crippen LogP contribution in [0.2, 0.25) is 0 Å². The molecular weight excluding hydrogens is 352 g/mol. The van der Waals surface area contributed by atoms with Crippen molar-refractivity contribution in [3.8, 4) is 5.75 Å². The van der Waals surface area contributed by atoms with Crippen LogP contribution >= 0.6 is 0 Å². The maximum absolute atomic E-state index is 13.6. The maximum atomic E-state index is 13.6. The van der Waals surface area contributed by atoms with Crippen LogP contribution in [0.1, 0.15) is 13.3 Å². The summed E-state index contributed by atoms with van der Waals surface area (Å²) in [5, 5.41) is 6.16. The van der Waals surface area contributed by atoms with Crippen LogP contribution in [0.4, 0.5) is 17.6 Å². The molecule has 0 aromatic heterocycles. The lowest BCUT2D eigenvalue weighted by Crippen LogP contribution is -2.47. The topological polar surface area (TPSA) is 48.9 Å². The number of aliphatic imine (C=N–C) groups is 1. The highest BCUT2D eigenvalue weighted by Gasteiger charge is 2.34. The molecule has 0 bridgehead atoms. The first-order chi connectivity index (χ1) is 12.3. The van der Waals surface area contributed by atoms with Gasteiger partial charge in [0.05, 0.1) is 13.1 Å². The van der Waals surface area contributed by atoms with E-state index in [1.54, 1.807) is 32.2 Å². The lowest BCUT2D eigenvalue weighted by Gasteiger charge is -2.21. The SMILES string of the molecule is CN=C(NCC(C)Oc1ccccc1F)NC1CCN(CC(F)(F)F)C1. The summed E-state index contributed by atoms with van der Waals surface area (Å²) in [7, 11) is 1.58. The van der Waals surface area contributed by atoms with Gasteiger partial charge in [-0.1, -0.05) is 12.1 Å². The van der Waals surface area contributed by atoms with E-state index in [9.17, 15) is 17.6 Å². The van der Waals surface area contributed by atoms with Gasteiger partial charge in [-0.2, -0.15) is 13.2 Å². The second-order valence-corrected chi connectivity index (χ2v) is 6.29. The van der Waals surface area contributed by atoms with E-state index in [1.165, 1.54) is 11.0 Å². The summed E-state index contributed by atoms with van der Waals surface area (Å²) in [6.45, 7) is 1.95. The molecule has 1 aliphatic heterocycles. The van der Waals surface area contributed by atoms with Crippen LogP contribution in [0.25, 0.3) is 0 Å². The highest BCUT2D eigenvalue weighted by atomic mass is 19.4. The Morgan fingerprint density at radius 1 is 1.38 bits per heavy atom. The molecule has 2 rings (SSSR count). The number of ether oxygens (including phenoxy) is 1. The Hall–Kier alpha value is -2.03. The van der Waals surface area contributed by atoms with E-state index in [0.717, 1.165) is 0 Å². The summed E-state index contributed by atoms with van der Waals surface area (Å²) in [6, 6.07) is 6.04. The molecule has 9 heteroatoms. The van der Waals surface area contributed by atoms with Crippen molar-refractivity contribution >= 4 is 5.96 Å². The predicted octanol–water partition coefficient (Wildman–Crippen LogP) is 2.39. The molecule has 0 amide bonds. The first kappa shape index (κ1) is 20.3. The molecule has 146 valence electrons. The van der Waals surface area contributed by atoms with E-state index in [2.05, 4.69) is 15.6 Å². The lowest BCUT2D eigenvalue weighted by atomic mass is 10.3. The summed E-state index contributed by atoms with van der Waals surface area (Å²) in [5.74, 6) is 0.216. The van der Waals surface area contributed by atoms with E-state index in [1.807, 2.05) is 0 Å². The van der Waals surface area contributed by atoms with E-state index in [4.69, 9.17) is 4.74 Å². The fourth-order valence-electron chi connectivity index (χ4n) is 2.77. The fourth-order valence-corrected chi connectivity index (χ4v) is 2.77. The zero-order valence-electron chi connectivity index (χ0n) is 14.8. The largest absolute Gasteiger partial charge is 0.486 e. The van der Waals surface area contributed by atoms with Crippen LogP contribution in [0.3, 0.4) is 0 Å². The number of benzene rings is 1. The number of nitrogens with one attached hydrogen (secondary N) is 2. The van der Waals surface area contributed by atoms with Gasteiger partial charge in [0.1, 0.15) is 6.10 Å². The quantitative estimate of drug-likeness (QED) is 0.455. The second-order valence-electron chi connectivity index (χ2n) is 6.29. The van der Waals surface area contributed by atoms with Crippen LogP contribution < -0.4 is 15.4 Å². The number of hydrogen-bond donors (Lipinski definition) is 2. The third-order valence-corrected chi connectivity index (χ3v) is 3.96. The highest BCUT2D eigenvalue weighted by Crippen LogP contribution is 2.20. The van der Waals surface area contributed by atoms with Crippen molar-refractivity contribution in [3.05, 3.63) is 30.1 Å². The van der Waals surface area contributed by atoms with Crippen molar-refractivity contribution in [3.63, 3.8) is 0 Å². The van der Waals surface area contributed by atoms with Crippen LogP contribution in [0, 0.1) is 5.82 Å². The molecule has 1 aliphatic rings. The molecule has 0 spiro atoms. The number of para-hydroxylation sites is 1. The Kier molecular flexibility index (Phi) is 7.07. The van der Waals surface area contributed by atoms with Crippen LogP contribution in [0.15, 0.2) is 29.3 Å². The summed E-state index contributed by atoms with van der Waals surface area (Å²) in [6.07, 6.45) is -3.90. The number of guanidine groups is 1. The van der Waals surface area contributed by atoms with Crippen molar-refractivity contribution in [1.29, 1.82) is 0 Å². The molecule has 0 aliphatic carbocycles. The summed E-state index contributed by atoms with van der Waals surface area (Å²) in [4.78, 5) is 5.44. The first-order valence-corrected chi connectivity index (χ1v) is 8.44. The third kappa shape index (κ3) is 6.70. The number of likely N-dealkylation sites (tertiary alicyclic amines) is 1. The maximum Gasteiger partial charge on any atom is 0.401 e. The molecule has 1 aromatic rings. The minimum Gasteiger partial charge on any atom is -0.486 e. The van der Waals surface area contributed by atoms with E-state index in [-0.39, 0.29) is 17.9 Å².